The molecule has 0 unspecified atom stereocenters. The molecule has 0 aromatic carbocycles. The molecule has 12 heavy (non-hydrogen) atoms. The van der Waals surface area contributed by atoms with Gasteiger partial charge in [0, 0.05) is 0 Å². The van der Waals surface area contributed by atoms with Crippen molar-refractivity contribution in [2.75, 3.05) is 6.61 Å². The van der Waals surface area contributed by atoms with Gasteiger partial charge in [0.25, 0.3) is 0 Å². The summed E-state index contributed by atoms with van der Waals surface area (Å²) >= 11 is 5.27. The standard InChI is InChI=1S/C6H10ClNO4/c1-2-12-6(11)4(9)3(7)5(8)10/h3-4,9H,2H2,1H3,(H2,8,10)/t3-,4+/m0/s1. The van der Waals surface area contributed by atoms with Gasteiger partial charge in [-0.15, -0.1) is 11.6 Å². The highest BCUT2D eigenvalue weighted by Gasteiger charge is 2.29. The second-order valence-corrected chi connectivity index (χ2v) is 2.47. The second kappa shape index (κ2) is 4.95. The molecule has 70 valence electrons. The molecule has 0 saturated carbocycles. The number of aliphatic hydroxyl groups excluding tert-OH is 1. The average Bonchev–Trinajstić information content (AvgIpc) is 2.02. The first-order valence-corrected chi connectivity index (χ1v) is 3.72. The summed E-state index contributed by atoms with van der Waals surface area (Å²) in [6, 6.07) is 0. The molecule has 2 atom stereocenters. The number of ether oxygens (including phenoxy) is 1. The highest BCUT2D eigenvalue weighted by Crippen LogP contribution is 2.03. The lowest BCUT2D eigenvalue weighted by Gasteiger charge is -2.11. The topological polar surface area (TPSA) is 89.6 Å². The van der Waals surface area contributed by atoms with Crippen LogP contribution in [0.25, 0.3) is 0 Å². The number of hydrogen-bond donors (Lipinski definition) is 2. The molecule has 0 aromatic rings. The zero-order chi connectivity index (χ0) is 9.72. The van der Waals surface area contributed by atoms with Crippen LogP contribution in [0.15, 0.2) is 0 Å². The lowest BCUT2D eigenvalue weighted by molar-refractivity contribution is -0.154. The maximum absolute atomic E-state index is 10.7. The Kier molecular flexibility index (Phi) is 4.61. The Labute approximate surface area is 74.4 Å². The Bertz CT molecular complexity index is 184. The van der Waals surface area contributed by atoms with Crippen molar-refractivity contribution in [1.29, 1.82) is 0 Å². The number of nitrogens with two attached hydrogens (primary N) is 1. The van der Waals surface area contributed by atoms with Crippen LogP contribution >= 0.6 is 11.6 Å². The van der Waals surface area contributed by atoms with Gasteiger partial charge in [0.1, 0.15) is 5.38 Å². The molecule has 0 aliphatic heterocycles. The molecule has 0 spiro atoms. The van der Waals surface area contributed by atoms with E-state index in [1.807, 2.05) is 0 Å². The Morgan fingerprint density at radius 1 is 1.67 bits per heavy atom. The van der Waals surface area contributed by atoms with Crippen LogP contribution in [0.2, 0.25) is 0 Å². The zero-order valence-corrected chi connectivity index (χ0v) is 7.25. The quantitative estimate of drug-likeness (QED) is 0.445. The van der Waals surface area contributed by atoms with E-state index in [-0.39, 0.29) is 6.61 Å². The fourth-order valence-electron chi connectivity index (χ4n) is 0.503. The van der Waals surface area contributed by atoms with Crippen LogP contribution in [0, 0.1) is 0 Å². The smallest absolute Gasteiger partial charge is 0.337 e. The average molecular weight is 196 g/mol. The Morgan fingerprint density at radius 2 is 2.17 bits per heavy atom. The summed E-state index contributed by atoms with van der Waals surface area (Å²) in [7, 11) is 0. The van der Waals surface area contributed by atoms with Gasteiger partial charge in [-0.05, 0) is 6.92 Å². The molecule has 0 aromatic heterocycles. The summed E-state index contributed by atoms with van der Waals surface area (Å²) in [5.41, 5.74) is 4.73. The van der Waals surface area contributed by atoms with Crippen LogP contribution in [0.1, 0.15) is 6.92 Å². The van der Waals surface area contributed by atoms with E-state index in [2.05, 4.69) is 4.74 Å². The van der Waals surface area contributed by atoms with Gasteiger partial charge in [-0.25, -0.2) is 4.79 Å². The maximum Gasteiger partial charge on any atom is 0.337 e. The van der Waals surface area contributed by atoms with Gasteiger partial charge in [-0.3, -0.25) is 4.79 Å². The van der Waals surface area contributed by atoms with E-state index in [9.17, 15) is 9.59 Å². The molecule has 0 saturated heterocycles. The summed E-state index contributed by atoms with van der Waals surface area (Å²) in [6.45, 7) is 1.68. The molecule has 0 bridgehead atoms. The SMILES string of the molecule is CCOC(=O)[C@H](O)[C@H](Cl)C(N)=O. The largest absolute Gasteiger partial charge is 0.464 e. The molecule has 0 rings (SSSR count). The van der Waals surface area contributed by atoms with Gasteiger partial charge >= 0.3 is 5.97 Å². The fraction of sp³-hybridized carbons (Fsp3) is 0.667. The number of carbonyl (C=O) groups is 2. The first kappa shape index (κ1) is 11.2. The monoisotopic (exact) mass is 195 g/mol. The normalized spacial score (nSPS) is 14.9. The number of esters is 1. The van der Waals surface area contributed by atoms with Gasteiger partial charge in [0.05, 0.1) is 6.61 Å². The van der Waals surface area contributed by atoms with Crippen molar-refractivity contribution in [3.05, 3.63) is 0 Å². The van der Waals surface area contributed by atoms with Gasteiger partial charge in [0.15, 0.2) is 6.10 Å². The molecule has 0 aliphatic rings. The van der Waals surface area contributed by atoms with Gasteiger partial charge < -0.3 is 15.6 Å². The van der Waals surface area contributed by atoms with E-state index in [1.165, 1.54) is 0 Å². The summed E-state index contributed by atoms with van der Waals surface area (Å²) in [5.74, 6) is -1.91. The minimum absolute atomic E-state index is 0.109. The first-order valence-electron chi connectivity index (χ1n) is 3.28. The molecule has 1 amide bonds. The second-order valence-electron chi connectivity index (χ2n) is 2.00. The predicted octanol–water partition coefficient (Wildman–Crippen LogP) is -0.997. The first-order chi connectivity index (χ1) is 5.50. The Morgan fingerprint density at radius 3 is 2.50 bits per heavy atom. The van der Waals surface area contributed by atoms with E-state index in [0.29, 0.717) is 0 Å². The molecule has 6 heteroatoms. The van der Waals surface area contributed by atoms with E-state index in [1.54, 1.807) is 6.92 Å². The number of hydrogen-bond acceptors (Lipinski definition) is 4. The van der Waals surface area contributed by atoms with E-state index in [4.69, 9.17) is 22.4 Å². The number of carbonyl (C=O) groups excluding carboxylic acids is 2. The summed E-state index contributed by atoms with van der Waals surface area (Å²) < 4.78 is 4.39. The third-order valence-corrected chi connectivity index (χ3v) is 1.53. The summed E-state index contributed by atoms with van der Waals surface area (Å²) in [6.07, 6.45) is -1.69. The van der Waals surface area contributed by atoms with Crippen molar-refractivity contribution in [1.82, 2.24) is 0 Å². The van der Waals surface area contributed by atoms with Gasteiger partial charge in [0.2, 0.25) is 5.91 Å². The van der Waals surface area contributed by atoms with Crippen molar-refractivity contribution in [3.63, 3.8) is 0 Å². The minimum Gasteiger partial charge on any atom is -0.464 e. The number of primary amides is 1. The number of rotatable bonds is 4. The van der Waals surface area contributed by atoms with Crippen LogP contribution < -0.4 is 5.73 Å². The third-order valence-electron chi connectivity index (χ3n) is 1.08. The van der Waals surface area contributed by atoms with Crippen molar-refractivity contribution in [3.8, 4) is 0 Å². The maximum atomic E-state index is 10.7. The van der Waals surface area contributed by atoms with Gasteiger partial charge in [-0.2, -0.15) is 0 Å². The molecule has 0 aliphatic carbocycles. The number of alkyl halides is 1. The lowest BCUT2D eigenvalue weighted by atomic mass is 10.2. The van der Waals surface area contributed by atoms with Crippen molar-refractivity contribution < 1.29 is 19.4 Å². The summed E-state index contributed by atoms with van der Waals surface area (Å²) in [5, 5.41) is 7.54. The van der Waals surface area contributed by atoms with Crippen LogP contribution in [0.3, 0.4) is 0 Å². The van der Waals surface area contributed by atoms with Gasteiger partial charge in [-0.1, -0.05) is 0 Å². The van der Waals surface area contributed by atoms with E-state index >= 15 is 0 Å². The molecule has 0 radical (unpaired) electrons. The molecule has 0 fully saturated rings. The van der Waals surface area contributed by atoms with Crippen LogP contribution in [0.4, 0.5) is 0 Å². The highest BCUT2D eigenvalue weighted by atomic mass is 35.5. The molecule has 0 heterocycles. The van der Waals surface area contributed by atoms with Crippen LogP contribution in [0.5, 0.6) is 0 Å². The van der Waals surface area contributed by atoms with Crippen molar-refractivity contribution >= 4 is 23.5 Å². The summed E-state index contributed by atoms with van der Waals surface area (Å²) in [4.78, 5) is 21.1. The highest BCUT2D eigenvalue weighted by molar-refractivity contribution is 6.32. The zero-order valence-electron chi connectivity index (χ0n) is 6.49. The fourth-order valence-corrected chi connectivity index (χ4v) is 0.606. The van der Waals surface area contributed by atoms with E-state index < -0.39 is 23.4 Å². The number of aliphatic hydroxyl groups is 1. The molecule has 3 N–H and O–H groups in total. The van der Waals surface area contributed by atoms with Crippen LogP contribution in [-0.2, 0) is 14.3 Å². The van der Waals surface area contributed by atoms with Crippen LogP contribution in [-0.4, -0.2) is 35.1 Å². The predicted molar refractivity (Wildman–Crippen MR) is 41.5 cm³/mol. The minimum atomic E-state index is -1.69. The van der Waals surface area contributed by atoms with E-state index in [0.717, 1.165) is 0 Å². The lowest BCUT2D eigenvalue weighted by Crippen LogP contribution is -2.40. The number of amides is 1. The molecular formula is C6H10ClNO4. The third kappa shape index (κ3) is 3.06. The van der Waals surface area contributed by atoms with Crippen molar-refractivity contribution in [2.45, 2.75) is 18.4 Å². The molecular weight excluding hydrogens is 186 g/mol. The molecule has 5 nitrogen and oxygen atoms in total. The van der Waals surface area contributed by atoms with Crippen molar-refractivity contribution in [2.24, 2.45) is 5.73 Å². The Hall–Kier alpha value is -0.810. The Balaban J connectivity index is 4.09. The number of halogens is 1.